The molecule has 1 atom stereocenters. The normalized spacial score (nSPS) is 14.1. The zero-order valence-electron chi connectivity index (χ0n) is 25.3. The number of hydrogen-bond acceptors (Lipinski definition) is 9. The minimum absolute atomic E-state index is 0.292. The van der Waals surface area contributed by atoms with Crippen LogP contribution < -0.4 is 29.6 Å². The smallest absolute Gasteiger partial charge is 0.255 e. The Morgan fingerprint density at radius 2 is 1.63 bits per heavy atom. The Labute approximate surface area is 255 Å². The van der Waals surface area contributed by atoms with E-state index in [2.05, 4.69) is 42.7 Å². The third kappa shape index (κ3) is 6.12. The molecule has 2 N–H and O–H groups in total. The van der Waals surface area contributed by atoms with Gasteiger partial charge in [-0.25, -0.2) is 4.68 Å². The van der Waals surface area contributed by atoms with Crippen LogP contribution in [0.2, 0.25) is 0 Å². The topological polar surface area (TPSA) is 109 Å². The lowest BCUT2D eigenvalue weighted by Crippen LogP contribution is -2.31. The molecule has 0 radical (unpaired) electrons. The molecule has 0 bridgehead atoms. The molecule has 1 unspecified atom stereocenters. The molecule has 0 saturated heterocycles. The fourth-order valence-corrected chi connectivity index (χ4v) is 5.98. The van der Waals surface area contributed by atoms with Crippen molar-refractivity contribution in [3.8, 4) is 23.0 Å². The van der Waals surface area contributed by atoms with E-state index in [0.29, 0.717) is 62.4 Å². The van der Waals surface area contributed by atoms with Crippen molar-refractivity contribution in [3.05, 3.63) is 88.1 Å². The number of nitrogens with one attached hydrogen (secondary N) is 2. The number of hydrogen-bond donors (Lipinski definition) is 2. The van der Waals surface area contributed by atoms with E-state index in [1.54, 1.807) is 57.4 Å². The maximum absolute atomic E-state index is 13.9. The minimum Gasteiger partial charge on any atom is -0.497 e. The Balaban J connectivity index is 1.56. The predicted octanol–water partition coefficient (Wildman–Crippen LogP) is 6.15. The van der Waals surface area contributed by atoms with Gasteiger partial charge in [0.15, 0.2) is 11.5 Å². The van der Waals surface area contributed by atoms with Crippen LogP contribution in [0.15, 0.2) is 71.0 Å². The van der Waals surface area contributed by atoms with Gasteiger partial charge in [-0.1, -0.05) is 35.5 Å². The summed E-state index contributed by atoms with van der Waals surface area (Å²) < 4.78 is 23.9. The van der Waals surface area contributed by atoms with Gasteiger partial charge in [-0.05, 0) is 73.9 Å². The van der Waals surface area contributed by atoms with Crippen LogP contribution in [0, 0.1) is 13.8 Å². The van der Waals surface area contributed by atoms with Crippen LogP contribution in [-0.2, 0) is 10.5 Å². The summed E-state index contributed by atoms with van der Waals surface area (Å²) in [7, 11) is 6.27. The van der Waals surface area contributed by atoms with E-state index >= 15 is 0 Å². The van der Waals surface area contributed by atoms with Gasteiger partial charge in [0.05, 0.1) is 34.0 Å². The molecule has 1 aliphatic rings. The summed E-state index contributed by atoms with van der Waals surface area (Å²) in [6.45, 7) is 6.05. The zero-order chi connectivity index (χ0) is 30.7. The van der Waals surface area contributed by atoms with Crippen molar-refractivity contribution in [2.24, 2.45) is 0 Å². The third-order valence-electron chi connectivity index (χ3n) is 7.28. The molecule has 4 aromatic rings. The molecule has 1 amide bonds. The molecule has 11 heteroatoms. The number of allylic oxidation sites excluding steroid dienone is 1. The van der Waals surface area contributed by atoms with E-state index in [9.17, 15) is 4.79 Å². The van der Waals surface area contributed by atoms with Gasteiger partial charge in [0.1, 0.15) is 11.8 Å². The van der Waals surface area contributed by atoms with Crippen molar-refractivity contribution < 1.29 is 23.7 Å². The largest absolute Gasteiger partial charge is 0.497 e. The van der Waals surface area contributed by atoms with Crippen LogP contribution in [0.25, 0.3) is 0 Å². The number of rotatable bonds is 10. The van der Waals surface area contributed by atoms with Gasteiger partial charge in [0.25, 0.3) is 5.91 Å². The van der Waals surface area contributed by atoms with Crippen LogP contribution in [-0.4, -0.2) is 49.1 Å². The molecule has 1 aromatic heterocycles. The second-order valence-corrected chi connectivity index (χ2v) is 11.0. The number of methoxy groups -OCH3 is 4. The van der Waals surface area contributed by atoms with Crippen LogP contribution in [0.4, 0.5) is 11.6 Å². The molecular formula is C32H35N5O5S. The highest BCUT2D eigenvalue weighted by atomic mass is 32.2. The summed E-state index contributed by atoms with van der Waals surface area (Å²) in [5.41, 5.74) is 6.12. The van der Waals surface area contributed by atoms with Gasteiger partial charge in [0, 0.05) is 17.1 Å². The van der Waals surface area contributed by atoms with Crippen molar-refractivity contribution in [3.63, 3.8) is 0 Å². The number of fused-ring (bicyclic) bond motifs is 1. The summed E-state index contributed by atoms with van der Waals surface area (Å²) in [5.74, 6) is 3.03. The quantitative estimate of drug-likeness (QED) is 0.207. The fourth-order valence-electron chi connectivity index (χ4n) is 5.08. The molecule has 43 heavy (non-hydrogen) atoms. The summed E-state index contributed by atoms with van der Waals surface area (Å²) in [6, 6.07) is 16.6. The molecule has 10 nitrogen and oxygen atoms in total. The van der Waals surface area contributed by atoms with Gasteiger partial charge >= 0.3 is 0 Å². The average Bonchev–Trinajstić information content (AvgIpc) is 3.41. The Kier molecular flexibility index (Phi) is 8.81. The van der Waals surface area contributed by atoms with Crippen LogP contribution >= 0.6 is 11.8 Å². The number of carbonyl (C=O) groups is 1. The number of thioether (sulfide) groups is 1. The Hall–Kier alpha value is -4.64. The van der Waals surface area contributed by atoms with Gasteiger partial charge in [0.2, 0.25) is 16.9 Å². The first-order valence-corrected chi connectivity index (χ1v) is 14.6. The van der Waals surface area contributed by atoms with E-state index in [1.165, 1.54) is 28.5 Å². The highest BCUT2D eigenvalue weighted by Crippen LogP contribution is 2.44. The Morgan fingerprint density at radius 3 is 2.23 bits per heavy atom. The maximum atomic E-state index is 13.9. The van der Waals surface area contributed by atoms with Crippen molar-refractivity contribution in [2.45, 2.75) is 37.7 Å². The predicted molar refractivity (Wildman–Crippen MR) is 168 cm³/mol. The Morgan fingerprint density at radius 1 is 0.930 bits per heavy atom. The number of carbonyl (C=O) groups excluding carboxylic acids is 1. The lowest BCUT2D eigenvalue weighted by atomic mass is 9.94. The third-order valence-corrected chi connectivity index (χ3v) is 8.17. The summed E-state index contributed by atoms with van der Waals surface area (Å²) >= 11 is 1.54. The molecular weight excluding hydrogens is 566 g/mol. The Bertz CT molecular complexity index is 1660. The van der Waals surface area contributed by atoms with E-state index < -0.39 is 6.04 Å². The monoisotopic (exact) mass is 601 g/mol. The standard InChI is InChI=1S/C32H35N5O5S/c1-18-8-9-21(19(2)14-18)17-43-32-35-31-33-20(3)27(30(38)34-23-10-12-24(39-4)13-11-23)28(37(31)36-32)22-15-25(40-5)29(42-7)26(16-22)41-6/h8-16,28H,17H2,1-7H3,(H,34,38)(H,33,35,36). The van der Waals surface area contributed by atoms with E-state index in [1.807, 2.05) is 19.1 Å². The summed E-state index contributed by atoms with van der Waals surface area (Å²) in [6.07, 6.45) is 0. The molecule has 0 aliphatic carbocycles. The van der Waals surface area contributed by atoms with E-state index in [4.69, 9.17) is 29.0 Å². The van der Waals surface area contributed by atoms with Gasteiger partial charge < -0.3 is 29.6 Å². The zero-order valence-corrected chi connectivity index (χ0v) is 26.1. The van der Waals surface area contributed by atoms with Gasteiger partial charge in [-0.2, -0.15) is 4.98 Å². The summed E-state index contributed by atoms with van der Waals surface area (Å²) in [5, 5.41) is 11.8. The van der Waals surface area contributed by atoms with E-state index in [0.717, 1.165) is 0 Å². The molecule has 0 fully saturated rings. The summed E-state index contributed by atoms with van der Waals surface area (Å²) in [4.78, 5) is 18.7. The first-order chi connectivity index (χ1) is 20.8. The SMILES string of the molecule is COc1ccc(NC(=O)C2=C(C)Nc3nc(SCc4ccc(C)cc4C)nn3C2c2cc(OC)c(OC)c(OC)c2)cc1. The second kappa shape index (κ2) is 12.7. The van der Waals surface area contributed by atoms with Crippen molar-refractivity contribution >= 4 is 29.3 Å². The fraction of sp³-hybridized carbons (Fsp3) is 0.281. The van der Waals surface area contributed by atoms with Crippen molar-refractivity contribution in [1.29, 1.82) is 0 Å². The number of ether oxygens (including phenoxy) is 4. The van der Waals surface area contributed by atoms with Crippen LogP contribution in [0.5, 0.6) is 23.0 Å². The van der Waals surface area contributed by atoms with Crippen LogP contribution in [0.3, 0.4) is 0 Å². The highest BCUT2D eigenvalue weighted by molar-refractivity contribution is 7.98. The molecule has 2 heterocycles. The number of amides is 1. The molecule has 0 spiro atoms. The van der Waals surface area contributed by atoms with Gasteiger partial charge in [-0.15, -0.1) is 5.10 Å². The van der Waals surface area contributed by atoms with Crippen molar-refractivity contribution in [2.75, 3.05) is 39.1 Å². The second-order valence-electron chi connectivity index (χ2n) is 10.1. The molecule has 1 aliphatic heterocycles. The molecule has 3 aromatic carbocycles. The number of anilines is 2. The van der Waals surface area contributed by atoms with Gasteiger partial charge in [-0.3, -0.25) is 4.79 Å². The molecule has 0 saturated carbocycles. The number of benzene rings is 3. The van der Waals surface area contributed by atoms with Crippen LogP contribution in [0.1, 0.15) is 35.2 Å². The first kappa shape index (κ1) is 29.8. The van der Waals surface area contributed by atoms with E-state index in [-0.39, 0.29) is 5.91 Å². The number of aryl methyl sites for hydroxylation is 2. The average molecular weight is 602 g/mol. The minimum atomic E-state index is -0.647. The lowest BCUT2D eigenvalue weighted by Gasteiger charge is -2.29. The first-order valence-electron chi connectivity index (χ1n) is 13.6. The van der Waals surface area contributed by atoms with Crippen molar-refractivity contribution in [1.82, 2.24) is 14.8 Å². The number of nitrogens with zero attached hydrogens (tertiary/aromatic N) is 3. The lowest BCUT2D eigenvalue weighted by molar-refractivity contribution is -0.113. The number of aromatic nitrogens is 3. The molecule has 224 valence electrons. The molecule has 5 rings (SSSR count). The highest BCUT2D eigenvalue weighted by Gasteiger charge is 2.36. The maximum Gasteiger partial charge on any atom is 0.255 e.